The first-order valence-corrected chi connectivity index (χ1v) is 9.43. The minimum absolute atomic E-state index is 0.103. The van der Waals surface area contributed by atoms with Crippen LogP contribution in [-0.2, 0) is 9.59 Å². The normalized spacial score (nSPS) is 16.0. The molecule has 7 nitrogen and oxygen atoms in total. The first kappa shape index (κ1) is 20.8. The number of ether oxygens (including phenoxy) is 3. The number of halogens is 1. The Kier molecular flexibility index (Phi) is 6.17. The summed E-state index contributed by atoms with van der Waals surface area (Å²) < 4.78 is 16.0. The molecule has 0 aliphatic carbocycles. The van der Waals surface area contributed by atoms with Gasteiger partial charge in [0.2, 0.25) is 17.6 Å². The smallest absolute Gasteiger partial charge is 0.229 e. The lowest BCUT2D eigenvalue weighted by atomic mass is 10.1. The number of nitrogens with one attached hydrogen (secondary N) is 1. The number of hydrogen-bond donors (Lipinski definition) is 1. The van der Waals surface area contributed by atoms with Crippen molar-refractivity contribution < 1.29 is 23.8 Å². The molecule has 2 aromatic carbocycles. The van der Waals surface area contributed by atoms with Gasteiger partial charge < -0.3 is 24.4 Å². The predicted octanol–water partition coefficient (Wildman–Crippen LogP) is 3.67. The van der Waals surface area contributed by atoms with Gasteiger partial charge in [-0.3, -0.25) is 9.59 Å². The summed E-state index contributed by atoms with van der Waals surface area (Å²) in [4.78, 5) is 26.9. The molecule has 29 heavy (non-hydrogen) atoms. The molecular weight excluding hydrogens is 396 g/mol. The number of methoxy groups -OCH3 is 3. The fourth-order valence-electron chi connectivity index (χ4n) is 3.31. The summed E-state index contributed by atoms with van der Waals surface area (Å²) in [5.74, 6) is 0.407. The second-order valence-corrected chi connectivity index (χ2v) is 7.17. The van der Waals surface area contributed by atoms with Crippen molar-refractivity contribution in [3.05, 3.63) is 40.9 Å². The van der Waals surface area contributed by atoms with Crippen molar-refractivity contribution in [2.24, 2.45) is 5.92 Å². The molecule has 0 spiro atoms. The Labute approximate surface area is 174 Å². The van der Waals surface area contributed by atoms with Crippen LogP contribution in [0.3, 0.4) is 0 Å². The Balaban J connectivity index is 1.80. The molecule has 1 N–H and O–H groups in total. The number of nitrogens with zero attached hydrogens (tertiary/aromatic N) is 1. The van der Waals surface area contributed by atoms with E-state index in [1.165, 1.54) is 21.3 Å². The summed E-state index contributed by atoms with van der Waals surface area (Å²) in [5.41, 5.74) is 2.10. The third-order valence-electron chi connectivity index (χ3n) is 4.84. The van der Waals surface area contributed by atoms with Gasteiger partial charge in [0.1, 0.15) is 0 Å². The molecule has 154 valence electrons. The van der Waals surface area contributed by atoms with E-state index in [9.17, 15) is 9.59 Å². The second kappa shape index (κ2) is 8.61. The molecule has 2 aromatic rings. The van der Waals surface area contributed by atoms with Gasteiger partial charge in [0, 0.05) is 25.1 Å². The van der Waals surface area contributed by atoms with E-state index in [2.05, 4.69) is 5.32 Å². The second-order valence-electron chi connectivity index (χ2n) is 6.76. The molecule has 1 heterocycles. The minimum Gasteiger partial charge on any atom is -0.493 e. The zero-order valence-electron chi connectivity index (χ0n) is 16.7. The summed E-state index contributed by atoms with van der Waals surface area (Å²) in [6, 6.07) is 8.78. The molecular formula is C21H23ClN2O5. The fraction of sp³-hybridized carbons (Fsp3) is 0.333. The zero-order valence-corrected chi connectivity index (χ0v) is 17.5. The van der Waals surface area contributed by atoms with Crippen molar-refractivity contribution in [1.29, 1.82) is 0 Å². The molecule has 1 fully saturated rings. The highest BCUT2D eigenvalue weighted by Crippen LogP contribution is 2.42. The van der Waals surface area contributed by atoms with E-state index in [0.717, 1.165) is 5.56 Å². The summed E-state index contributed by atoms with van der Waals surface area (Å²) in [5, 5.41) is 3.28. The van der Waals surface area contributed by atoms with Gasteiger partial charge in [0.05, 0.1) is 43.6 Å². The van der Waals surface area contributed by atoms with Crippen molar-refractivity contribution in [1.82, 2.24) is 0 Å². The van der Waals surface area contributed by atoms with Crippen LogP contribution in [0.4, 0.5) is 11.4 Å². The number of hydrogen-bond acceptors (Lipinski definition) is 5. The molecule has 2 amide bonds. The molecule has 1 unspecified atom stereocenters. The van der Waals surface area contributed by atoms with Crippen LogP contribution in [-0.4, -0.2) is 39.7 Å². The molecule has 3 rings (SSSR count). The first-order valence-electron chi connectivity index (χ1n) is 9.05. The van der Waals surface area contributed by atoms with Gasteiger partial charge in [-0.25, -0.2) is 0 Å². The van der Waals surface area contributed by atoms with Crippen LogP contribution in [0, 0.1) is 12.8 Å². The number of rotatable bonds is 6. The van der Waals surface area contributed by atoms with E-state index >= 15 is 0 Å². The fourth-order valence-corrected chi connectivity index (χ4v) is 3.59. The van der Waals surface area contributed by atoms with Crippen molar-refractivity contribution in [2.45, 2.75) is 13.3 Å². The van der Waals surface area contributed by atoms with Crippen LogP contribution in [0.1, 0.15) is 12.0 Å². The topological polar surface area (TPSA) is 77.1 Å². The van der Waals surface area contributed by atoms with Gasteiger partial charge >= 0.3 is 0 Å². The molecule has 0 bridgehead atoms. The van der Waals surface area contributed by atoms with Crippen LogP contribution in [0.2, 0.25) is 5.02 Å². The van der Waals surface area contributed by atoms with Crippen molar-refractivity contribution in [2.75, 3.05) is 38.1 Å². The quantitative estimate of drug-likeness (QED) is 0.774. The SMILES string of the molecule is COc1cc(N2CC(C(=O)Nc3ccc(C)cc3Cl)CC2=O)cc(OC)c1OC. The van der Waals surface area contributed by atoms with Crippen LogP contribution in [0.25, 0.3) is 0 Å². The first-order chi connectivity index (χ1) is 13.9. The van der Waals surface area contributed by atoms with Crippen LogP contribution >= 0.6 is 11.6 Å². The highest BCUT2D eigenvalue weighted by Gasteiger charge is 2.36. The third-order valence-corrected chi connectivity index (χ3v) is 5.15. The maximum absolute atomic E-state index is 12.7. The maximum Gasteiger partial charge on any atom is 0.229 e. The molecule has 1 saturated heterocycles. The van der Waals surface area contributed by atoms with Crippen LogP contribution in [0.15, 0.2) is 30.3 Å². The average molecular weight is 419 g/mol. The van der Waals surface area contributed by atoms with E-state index in [0.29, 0.717) is 33.6 Å². The number of benzene rings is 2. The average Bonchev–Trinajstić information content (AvgIpc) is 3.10. The number of carbonyl (C=O) groups excluding carboxylic acids is 2. The summed E-state index contributed by atoms with van der Waals surface area (Å²) >= 11 is 6.20. The maximum atomic E-state index is 12.7. The summed E-state index contributed by atoms with van der Waals surface area (Å²) in [7, 11) is 4.53. The third kappa shape index (κ3) is 4.24. The lowest BCUT2D eigenvalue weighted by molar-refractivity contribution is -0.122. The van der Waals surface area contributed by atoms with Gasteiger partial charge in [0.15, 0.2) is 11.5 Å². The Morgan fingerprint density at radius 2 is 1.76 bits per heavy atom. The molecule has 0 saturated carbocycles. The molecule has 0 radical (unpaired) electrons. The van der Waals surface area contributed by atoms with Crippen LogP contribution < -0.4 is 24.4 Å². The highest BCUT2D eigenvalue weighted by molar-refractivity contribution is 6.33. The van der Waals surface area contributed by atoms with E-state index in [4.69, 9.17) is 25.8 Å². The highest BCUT2D eigenvalue weighted by atomic mass is 35.5. The number of aryl methyl sites for hydroxylation is 1. The van der Waals surface area contributed by atoms with E-state index in [1.54, 1.807) is 29.2 Å². The van der Waals surface area contributed by atoms with Crippen molar-refractivity contribution in [3.63, 3.8) is 0 Å². The molecule has 8 heteroatoms. The lowest BCUT2D eigenvalue weighted by Crippen LogP contribution is -2.28. The monoisotopic (exact) mass is 418 g/mol. The Morgan fingerprint density at radius 1 is 1.10 bits per heavy atom. The van der Waals surface area contributed by atoms with Gasteiger partial charge in [0.25, 0.3) is 0 Å². The van der Waals surface area contributed by atoms with Crippen molar-refractivity contribution in [3.8, 4) is 17.2 Å². The largest absolute Gasteiger partial charge is 0.493 e. The van der Waals surface area contributed by atoms with Crippen LogP contribution in [0.5, 0.6) is 17.2 Å². The lowest BCUT2D eigenvalue weighted by Gasteiger charge is -2.20. The standard InChI is InChI=1S/C21H23ClN2O5/c1-12-5-6-16(15(22)7-12)23-21(26)13-8-19(25)24(11-13)14-9-17(27-2)20(29-4)18(10-14)28-3/h5-7,9-10,13H,8,11H2,1-4H3,(H,23,26). The van der Waals surface area contributed by atoms with Gasteiger partial charge in [-0.1, -0.05) is 17.7 Å². The number of carbonyl (C=O) groups is 2. The summed E-state index contributed by atoms with van der Waals surface area (Å²) in [6.07, 6.45) is 0.103. The number of anilines is 2. The summed E-state index contributed by atoms with van der Waals surface area (Å²) in [6.45, 7) is 2.16. The molecule has 1 aliphatic heterocycles. The number of amides is 2. The minimum atomic E-state index is -0.501. The zero-order chi connectivity index (χ0) is 21.1. The van der Waals surface area contributed by atoms with Gasteiger partial charge in [-0.05, 0) is 24.6 Å². The van der Waals surface area contributed by atoms with E-state index in [-0.39, 0.29) is 24.8 Å². The predicted molar refractivity (Wildman–Crippen MR) is 111 cm³/mol. The van der Waals surface area contributed by atoms with E-state index in [1.807, 2.05) is 13.0 Å². The Hall–Kier alpha value is -2.93. The molecule has 0 aromatic heterocycles. The van der Waals surface area contributed by atoms with Crippen molar-refractivity contribution >= 4 is 34.8 Å². The Morgan fingerprint density at radius 3 is 2.31 bits per heavy atom. The van der Waals surface area contributed by atoms with Gasteiger partial charge in [-0.2, -0.15) is 0 Å². The van der Waals surface area contributed by atoms with E-state index < -0.39 is 5.92 Å². The molecule has 1 atom stereocenters. The van der Waals surface area contributed by atoms with Gasteiger partial charge in [-0.15, -0.1) is 0 Å². The molecule has 1 aliphatic rings. The Bertz CT molecular complexity index is 922.